The van der Waals surface area contributed by atoms with Crippen molar-refractivity contribution in [2.75, 3.05) is 17.7 Å². The van der Waals surface area contributed by atoms with Crippen LogP contribution in [0.3, 0.4) is 0 Å². The number of hydrogen-bond donors (Lipinski definition) is 2. The van der Waals surface area contributed by atoms with Crippen LogP contribution in [0.5, 0.6) is 0 Å². The van der Waals surface area contributed by atoms with E-state index in [2.05, 4.69) is 15.4 Å². The zero-order valence-corrected chi connectivity index (χ0v) is 16.2. The maximum atomic E-state index is 12.4. The highest BCUT2D eigenvalue weighted by Gasteiger charge is 2.11. The molecule has 0 bridgehead atoms. The van der Waals surface area contributed by atoms with Gasteiger partial charge in [0.25, 0.3) is 11.8 Å². The Morgan fingerprint density at radius 1 is 0.724 bits per heavy atom. The third kappa shape index (κ3) is 5.21. The van der Waals surface area contributed by atoms with Crippen molar-refractivity contribution in [3.05, 3.63) is 94.5 Å². The minimum Gasteiger partial charge on any atom is -0.465 e. The second kappa shape index (κ2) is 9.03. The van der Waals surface area contributed by atoms with Gasteiger partial charge in [-0.25, -0.2) is 4.79 Å². The summed E-state index contributed by atoms with van der Waals surface area (Å²) < 4.78 is 4.67. The number of rotatable bonds is 5. The molecule has 0 atom stereocenters. The van der Waals surface area contributed by atoms with Gasteiger partial charge in [0.2, 0.25) is 0 Å². The van der Waals surface area contributed by atoms with Crippen LogP contribution in [0.4, 0.5) is 11.4 Å². The number of carbonyl (C=O) groups excluding carboxylic acids is 3. The number of carbonyl (C=O) groups is 3. The second-order valence-corrected chi connectivity index (χ2v) is 6.50. The Morgan fingerprint density at radius 3 is 2.03 bits per heavy atom. The van der Waals surface area contributed by atoms with E-state index in [1.807, 2.05) is 0 Å². The first-order valence-electron chi connectivity index (χ1n) is 8.63. The molecule has 7 heteroatoms. The van der Waals surface area contributed by atoms with Gasteiger partial charge >= 0.3 is 5.97 Å². The topological polar surface area (TPSA) is 84.5 Å². The molecule has 0 spiro atoms. The van der Waals surface area contributed by atoms with Crippen molar-refractivity contribution >= 4 is 40.8 Å². The molecular formula is C22H17ClN2O4. The zero-order chi connectivity index (χ0) is 20.8. The Balaban J connectivity index is 1.66. The van der Waals surface area contributed by atoms with Crippen LogP contribution in [0, 0.1) is 0 Å². The highest BCUT2D eigenvalue weighted by atomic mass is 35.5. The molecule has 3 aromatic rings. The summed E-state index contributed by atoms with van der Waals surface area (Å²) in [6.07, 6.45) is 0. The predicted octanol–water partition coefficient (Wildman–Crippen LogP) is 4.63. The summed E-state index contributed by atoms with van der Waals surface area (Å²) in [5.41, 5.74) is 2.18. The van der Waals surface area contributed by atoms with Crippen molar-refractivity contribution in [3.63, 3.8) is 0 Å². The second-order valence-electron chi connectivity index (χ2n) is 6.07. The third-order valence-corrected chi connectivity index (χ3v) is 4.27. The fourth-order valence-corrected chi connectivity index (χ4v) is 2.77. The zero-order valence-electron chi connectivity index (χ0n) is 15.4. The van der Waals surface area contributed by atoms with Crippen molar-refractivity contribution in [2.45, 2.75) is 0 Å². The summed E-state index contributed by atoms with van der Waals surface area (Å²) in [5, 5.41) is 5.94. The number of halogens is 1. The van der Waals surface area contributed by atoms with Crippen LogP contribution in [0.25, 0.3) is 0 Å². The molecule has 0 saturated heterocycles. The summed E-state index contributed by atoms with van der Waals surface area (Å²) in [6, 6.07) is 19.5. The Hall–Kier alpha value is -3.64. The quantitative estimate of drug-likeness (QED) is 0.603. The van der Waals surface area contributed by atoms with E-state index in [9.17, 15) is 14.4 Å². The van der Waals surface area contributed by atoms with Crippen LogP contribution in [0.2, 0.25) is 5.02 Å². The van der Waals surface area contributed by atoms with Crippen molar-refractivity contribution < 1.29 is 19.1 Å². The molecule has 0 aliphatic rings. The molecule has 2 amide bonds. The summed E-state index contributed by atoms with van der Waals surface area (Å²) in [4.78, 5) is 36.3. The largest absolute Gasteiger partial charge is 0.465 e. The Kier molecular flexibility index (Phi) is 6.26. The minimum absolute atomic E-state index is 0.302. The van der Waals surface area contributed by atoms with Gasteiger partial charge in [0.05, 0.1) is 12.7 Å². The number of anilines is 2. The number of benzene rings is 3. The molecule has 0 heterocycles. The van der Waals surface area contributed by atoms with E-state index >= 15 is 0 Å². The molecule has 0 saturated carbocycles. The van der Waals surface area contributed by atoms with E-state index < -0.39 is 5.97 Å². The van der Waals surface area contributed by atoms with Gasteiger partial charge in [0.15, 0.2) is 0 Å². The van der Waals surface area contributed by atoms with E-state index in [4.69, 9.17) is 11.6 Å². The van der Waals surface area contributed by atoms with Crippen LogP contribution in [0.1, 0.15) is 31.1 Å². The highest BCUT2D eigenvalue weighted by molar-refractivity contribution is 6.31. The Labute approximate surface area is 172 Å². The van der Waals surface area contributed by atoms with E-state index in [1.165, 1.54) is 13.2 Å². The van der Waals surface area contributed by atoms with E-state index in [0.29, 0.717) is 33.1 Å². The van der Waals surface area contributed by atoms with Gasteiger partial charge in [0.1, 0.15) is 0 Å². The molecule has 0 aliphatic heterocycles. The minimum atomic E-state index is -0.485. The number of amides is 2. The number of hydrogen-bond acceptors (Lipinski definition) is 4. The van der Waals surface area contributed by atoms with Crippen LogP contribution in [0.15, 0.2) is 72.8 Å². The molecule has 0 radical (unpaired) electrons. The molecule has 0 aliphatic carbocycles. The average Bonchev–Trinajstić information content (AvgIpc) is 2.73. The maximum Gasteiger partial charge on any atom is 0.337 e. The van der Waals surface area contributed by atoms with Crippen LogP contribution in [-0.4, -0.2) is 24.9 Å². The lowest BCUT2D eigenvalue weighted by Gasteiger charge is -2.09. The van der Waals surface area contributed by atoms with Gasteiger partial charge in [-0.05, 0) is 60.7 Å². The molecule has 29 heavy (non-hydrogen) atoms. The van der Waals surface area contributed by atoms with Gasteiger partial charge in [-0.2, -0.15) is 0 Å². The lowest BCUT2D eigenvalue weighted by molar-refractivity contribution is 0.0600. The van der Waals surface area contributed by atoms with Gasteiger partial charge in [-0.1, -0.05) is 23.7 Å². The fraction of sp³-hybridized carbons (Fsp3) is 0.0455. The smallest absolute Gasteiger partial charge is 0.337 e. The lowest BCUT2D eigenvalue weighted by Crippen LogP contribution is -2.14. The van der Waals surface area contributed by atoms with Crippen molar-refractivity contribution in [1.29, 1.82) is 0 Å². The first-order chi connectivity index (χ1) is 14.0. The summed E-state index contributed by atoms with van der Waals surface area (Å²) in [5.74, 6) is -1.13. The number of esters is 1. The average molecular weight is 409 g/mol. The normalized spacial score (nSPS) is 10.1. The predicted molar refractivity (Wildman–Crippen MR) is 112 cm³/mol. The molecule has 146 valence electrons. The number of nitrogens with one attached hydrogen (secondary N) is 2. The Bertz CT molecular complexity index is 1060. The lowest BCUT2D eigenvalue weighted by atomic mass is 10.1. The van der Waals surface area contributed by atoms with Crippen molar-refractivity contribution in [2.24, 2.45) is 0 Å². The van der Waals surface area contributed by atoms with Gasteiger partial charge in [-0.15, -0.1) is 0 Å². The third-order valence-electron chi connectivity index (χ3n) is 4.03. The van der Waals surface area contributed by atoms with Gasteiger partial charge in [0, 0.05) is 27.5 Å². The summed E-state index contributed by atoms with van der Waals surface area (Å²) >= 11 is 5.90. The van der Waals surface area contributed by atoms with Crippen molar-refractivity contribution in [1.82, 2.24) is 0 Å². The van der Waals surface area contributed by atoms with E-state index in [1.54, 1.807) is 66.7 Å². The highest BCUT2D eigenvalue weighted by Crippen LogP contribution is 2.16. The first kappa shape index (κ1) is 20.1. The number of methoxy groups -OCH3 is 1. The molecule has 3 rings (SSSR count). The van der Waals surface area contributed by atoms with E-state index in [0.717, 1.165) is 0 Å². The molecule has 0 aromatic heterocycles. The van der Waals surface area contributed by atoms with Gasteiger partial charge in [-0.3, -0.25) is 9.59 Å². The molecule has 0 unspecified atom stereocenters. The molecule has 2 N–H and O–H groups in total. The fourth-order valence-electron chi connectivity index (χ4n) is 2.58. The van der Waals surface area contributed by atoms with Crippen LogP contribution < -0.4 is 10.6 Å². The molecule has 6 nitrogen and oxygen atoms in total. The number of ether oxygens (including phenoxy) is 1. The van der Waals surface area contributed by atoms with Crippen molar-refractivity contribution in [3.8, 4) is 0 Å². The molecule has 0 fully saturated rings. The van der Waals surface area contributed by atoms with Gasteiger partial charge < -0.3 is 15.4 Å². The molecular weight excluding hydrogens is 392 g/mol. The Morgan fingerprint density at radius 2 is 1.34 bits per heavy atom. The van der Waals surface area contributed by atoms with E-state index in [-0.39, 0.29) is 11.8 Å². The monoisotopic (exact) mass is 408 g/mol. The maximum absolute atomic E-state index is 12.4. The summed E-state index contributed by atoms with van der Waals surface area (Å²) in [6.45, 7) is 0. The van der Waals surface area contributed by atoms with Crippen LogP contribution in [-0.2, 0) is 4.74 Å². The molecule has 3 aromatic carbocycles. The standard InChI is InChI=1S/C22H17ClN2O4/c1-29-22(28)16-5-3-7-19(13-16)25-20(26)14-8-10-18(11-9-14)24-21(27)15-4-2-6-17(23)12-15/h2-13H,1H3,(H,24,27)(H,25,26). The first-order valence-corrected chi connectivity index (χ1v) is 9.01. The van der Waals surface area contributed by atoms with Crippen LogP contribution >= 0.6 is 11.6 Å². The SMILES string of the molecule is COC(=O)c1cccc(NC(=O)c2ccc(NC(=O)c3cccc(Cl)c3)cc2)c1. The summed E-state index contributed by atoms with van der Waals surface area (Å²) in [7, 11) is 1.29.